The van der Waals surface area contributed by atoms with E-state index in [1.54, 1.807) is 0 Å². The van der Waals surface area contributed by atoms with Crippen molar-refractivity contribution < 1.29 is 4.79 Å². The largest absolute Gasteiger partial charge is 0.325 e. The molecule has 2 amide bonds. The van der Waals surface area contributed by atoms with E-state index in [4.69, 9.17) is 0 Å². The van der Waals surface area contributed by atoms with Gasteiger partial charge in [-0.2, -0.15) is 0 Å². The van der Waals surface area contributed by atoms with Gasteiger partial charge in [0.1, 0.15) is 0 Å². The lowest BCUT2D eigenvalue weighted by Gasteiger charge is -2.41. The van der Waals surface area contributed by atoms with Gasteiger partial charge >= 0.3 is 6.03 Å². The lowest BCUT2D eigenvalue weighted by atomic mass is 10.2. The molecule has 2 aliphatic rings. The van der Waals surface area contributed by atoms with Gasteiger partial charge in [-0.3, -0.25) is 4.90 Å². The summed E-state index contributed by atoms with van der Waals surface area (Å²) >= 11 is 0. The van der Waals surface area contributed by atoms with Crippen molar-refractivity contribution in [2.24, 2.45) is 0 Å². The van der Waals surface area contributed by atoms with Crippen molar-refractivity contribution in [3.05, 3.63) is 0 Å². The second-order valence-electron chi connectivity index (χ2n) is 4.74. The first kappa shape index (κ1) is 10.7. The fourth-order valence-corrected chi connectivity index (χ4v) is 2.14. The zero-order valence-corrected chi connectivity index (χ0v) is 9.78. The van der Waals surface area contributed by atoms with Crippen LogP contribution in [0.4, 0.5) is 4.79 Å². The van der Waals surface area contributed by atoms with Crippen LogP contribution in [0.15, 0.2) is 0 Å². The molecule has 0 radical (unpaired) electrons. The quantitative estimate of drug-likeness (QED) is 0.642. The van der Waals surface area contributed by atoms with Gasteiger partial charge in [-0.05, 0) is 20.3 Å². The van der Waals surface area contributed by atoms with Crippen molar-refractivity contribution in [3.63, 3.8) is 0 Å². The Hall–Kier alpha value is -0.770. The molecule has 0 bridgehead atoms. The smallest absolute Gasteiger partial charge is 0.320 e. The number of hydrogen-bond donors (Lipinski definition) is 0. The van der Waals surface area contributed by atoms with Crippen LogP contribution in [0, 0.1) is 0 Å². The van der Waals surface area contributed by atoms with Crippen molar-refractivity contribution >= 4 is 6.03 Å². The van der Waals surface area contributed by atoms with E-state index < -0.39 is 0 Å². The number of likely N-dealkylation sites (tertiary alicyclic amines) is 1. The highest BCUT2D eigenvalue weighted by Gasteiger charge is 2.28. The Morgan fingerprint density at radius 2 is 1.47 bits per heavy atom. The minimum atomic E-state index is 0.254. The number of carbonyl (C=O) groups is 1. The number of piperazine rings is 1. The number of urea groups is 1. The van der Waals surface area contributed by atoms with Gasteiger partial charge in [0.05, 0.1) is 0 Å². The first-order chi connectivity index (χ1) is 7.18. The molecule has 2 saturated heterocycles. The molecule has 0 aromatic heterocycles. The van der Waals surface area contributed by atoms with Gasteiger partial charge in [0, 0.05) is 45.3 Å². The van der Waals surface area contributed by atoms with Crippen molar-refractivity contribution in [1.29, 1.82) is 0 Å². The molecule has 2 aliphatic heterocycles. The molecule has 0 N–H and O–H groups in total. The zero-order valence-electron chi connectivity index (χ0n) is 9.78. The van der Waals surface area contributed by atoms with E-state index in [0.717, 1.165) is 39.3 Å². The average molecular weight is 211 g/mol. The molecule has 4 nitrogen and oxygen atoms in total. The number of rotatable bonds is 1. The predicted molar refractivity (Wildman–Crippen MR) is 59.9 cm³/mol. The topological polar surface area (TPSA) is 26.8 Å². The Morgan fingerprint density at radius 1 is 0.933 bits per heavy atom. The lowest BCUT2D eigenvalue weighted by molar-refractivity contribution is 0.0858. The van der Waals surface area contributed by atoms with E-state index in [-0.39, 0.29) is 6.03 Å². The normalized spacial score (nSPS) is 23.1. The number of amides is 2. The van der Waals surface area contributed by atoms with E-state index in [2.05, 4.69) is 18.7 Å². The van der Waals surface area contributed by atoms with E-state index in [1.165, 1.54) is 6.42 Å². The summed E-state index contributed by atoms with van der Waals surface area (Å²) in [4.78, 5) is 18.3. The maximum absolute atomic E-state index is 11.9. The van der Waals surface area contributed by atoms with E-state index in [9.17, 15) is 4.79 Å². The van der Waals surface area contributed by atoms with Gasteiger partial charge in [0.2, 0.25) is 0 Å². The Bertz CT molecular complexity index is 230. The highest BCUT2D eigenvalue weighted by molar-refractivity contribution is 5.75. The van der Waals surface area contributed by atoms with E-state index >= 15 is 0 Å². The molecule has 0 atom stereocenters. The van der Waals surface area contributed by atoms with Crippen LogP contribution in [0.25, 0.3) is 0 Å². The molecule has 86 valence electrons. The van der Waals surface area contributed by atoms with Crippen LogP contribution in [0.5, 0.6) is 0 Å². The maximum Gasteiger partial charge on any atom is 0.320 e. The molecule has 0 spiro atoms. The van der Waals surface area contributed by atoms with Crippen LogP contribution in [0.1, 0.15) is 20.3 Å². The highest BCUT2D eigenvalue weighted by Crippen LogP contribution is 2.12. The summed E-state index contributed by atoms with van der Waals surface area (Å²) in [6.07, 6.45) is 1.18. The fourth-order valence-electron chi connectivity index (χ4n) is 2.14. The van der Waals surface area contributed by atoms with Crippen molar-refractivity contribution in [3.8, 4) is 0 Å². The minimum absolute atomic E-state index is 0.254. The molecule has 0 unspecified atom stereocenters. The Labute approximate surface area is 91.8 Å². The monoisotopic (exact) mass is 211 g/mol. The average Bonchev–Trinajstić information content (AvgIpc) is 2.15. The van der Waals surface area contributed by atoms with Crippen LogP contribution < -0.4 is 0 Å². The molecular weight excluding hydrogens is 190 g/mol. The number of hydrogen-bond acceptors (Lipinski definition) is 2. The number of nitrogens with zero attached hydrogens (tertiary/aromatic N) is 3. The molecule has 2 heterocycles. The fraction of sp³-hybridized carbons (Fsp3) is 0.909. The first-order valence-electron chi connectivity index (χ1n) is 5.96. The second kappa shape index (κ2) is 4.39. The van der Waals surface area contributed by atoms with Crippen LogP contribution >= 0.6 is 0 Å². The Kier molecular flexibility index (Phi) is 3.14. The third kappa shape index (κ3) is 2.25. The highest BCUT2D eigenvalue weighted by atomic mass is 16.2. The van der Waals surface area contributed by atoms with Gasteiger partial charge in [0.25, 0.3) is 0 Å². The van der Waals surface area contributed by atoms with Crippen molar-refractivity contribution in [2.75, 3.05) is 39.3 Å². The summed E-state index contributed by atoms with van der Waals surface area (Å²) in [6, 6.07) is 0.857. The summed E-state index contributed by atoms with van der Waals surface area (Å²) in [5.74, 6) is 0. The molecule has 0 aromatic rings. The standard InChI is InChI=1S/C11H21N3O/c1-10(2)12-6-8-14(9-7-12)11(15)13-4-3-5-13/h10H,3-9H2,1-2H3. The second-order valence-corrected chi connectivity index (χ2v) is 4.74. The SMILES string of the molecule is CC(C)N1CCN(C(=O)N2CCC2)CC1. The van der Waals surface area contributed by atoms with Gasteiger partial charge < -0.3 is 9.80 Å². The third-order valence-electron chi connectivity index (χ3n) is 3.44. The third-order valence-corrected chi connectivity index (χ3v) is 3.44. The lowest BCUT2D eigenvalue weighted by Crippen LogP contribution is -2.56. The summed E-state index contributed by atoms with van der Waals surface area (Å²) in [6.45, 7) is 10.2. The van der Waals surface area contributed by atoms with Crippen LogP contribution in [0.2, 0.25) is 0 Å². The minimum Gasteiger partial charge on any atom is -0.325 e. The Morgan fingerprint density at radius 3 is 1.87 bits per heavy atom. The molecule has 4 heteroatoms. The van der Waals surface area contributed by atoms with Gasteiger partial charge in [-0.1, -0.05) is 0 Å². The molecule has 0 saturated carbocycles. The summed E-state index contributed by atoms with van der Waals surface area (Å²) in [5, 5.41) is 0. The van der Waals surface area contributed by atoms with Crippen molar-refractivity contribution in [1.82, 2.24) is 14.7 Å². The van der Waals surface area contributed by atoms with E-state index in [0.29, 0.717) is 6.04 Å². The first-order valence-corrected chi connectivity index (χ1v) is 5.96. The van der Waals surface area contributed by atoms with Crippen LogP contribution in [-0.4, -0.2) is 66.0 Å². The zero-order chi connectivity index (χ0) is 10.8. The molecule has 0 aromatic carbocycles. The maximum atomic E-state index is 11.9. The van der Waals surface area contributed by atoms with Crippen molar-refractivity contribution in [2.45, 2.75) is 26.3 Å². The Balaban J connectivity index is 1.79. The molecule has 2 fully saturated rings. The van der Waals surface area contributed by atoms with Crippen LogP contribution in [0.3, 0.4) is 0 Å². The molecule has 15 heavy (non-hydrogen) atoms. The molecule has 0 aliphatic carbocycles. The number of carbonyl (C=O) groups excluding carboxylic acids is 1. The van der Waals surface area contributed by atoms with E-state index in [1.807, 2.05) is 9.80 Å². The summed E-state index contributed by atoms with van der Waals surface area (Å²) in [7, 11) is 0. The van der Waals surface area contributed by atoms with Gasteiger partial charge in [-0.15, -0.1) is 0 Å². The predicted octanol–water partition coefficient (Wildman–Crippen LogP) is 0.838. The van der Waals surface area contributed by atoms with Gasteiger partial charge in [0.15, 0.2) is 0 Å². The summed E-state index contributed by atoms with van der Waals surface area (Å²) in [5.41, 5.74) is 0. The van der Waals surface area contributed by atoms with Gasteiger partial charge in [-0.25, -0.2) is 4.79 Å². The summed E-state index contributed by atoms with van der Waals surface area (Å²) < 4.78 is 0. The molecule has 2 rings (SSSR count). The van der Waals surface area contributed by atoms with Crippen LogP contribution in [-0.2, 0) is 0 Å². The molecular formula is C11H21N3O.